The molecule has 58 valence electrons. The van der Waals surface area contributed by atoms with Crippen LogP contribution in [-0.4, -0.2) is 39.5 Å². The van der Waals surface area contributed by atoms with Gasteiger partial charge in [-0.05, 0) is 9.13 Å². The smallest absolute Gasteiger partial charge is 0.161 e. The van der Waals surface area contributed by atoms with Gasteiger partial charge in [0, 0.05) is 6.42 Å². The van der Waals surface area contributed by atoms with Gasteiger partial charge < -0.3 is 0 Å². The molecule has 0 aromatic heterocycles. The van der Waals surface area contributed by atoms with E-state index in [0.717, 1.165) is 0 Å². The van der Waals surface area contributed by atoms with Crippen LogP contribution >= 0.6 is 16.1 Å². The molecule has 0 aromatic rings. The van der Waals surface area contributed by atoms with Crippen molar-refractivity contribution >= 4 is 33.4 Å². The van der Waals surface area contributed by atoms with E-state index in [1.54, 1.807) is 0 Å². The normalized spacial score (nSPS) is 11.8. The van der Waals surface area contributed by atoms with E-state index in [9.17, 15) is 9.13 Å². The van der Waals surface area contributed by atoms with Gasteiger partial charge in [-0.3, -0.25) is 0 Å². The predicted octanol–water partition coefficient (Wildman–Crippen LogP) is -0.338. The van der Waals surface area contributed by atoms with Crippen molar-refractivity contribution in [2.75, 3.05) is 12.3 Å². The molecule has 0 spiro atoms. The minimum atomic E-state index is -2.12. The Labute approximate surface area is 71.5 Å². The predicted molar refractivity (Wildman–Crippen MR) is 43.9 cm³/mol. The van der Waals surface area contributed by atoms with Crippen molar-refractivity contribution in [1.82, 2.24) is 0 Å². The summed E-state index contributed by atoms with van der Waals surface area (Å²) in [6.45, 7) is 0. The van der Waals surface area contributed by atoms with Gasteiger partial charge in [0.2, 0.25) is 0 Å². The molecule has 10 heavy (non-hydrogen) atoms. The summed E-state index contributed by atoms with van der Waals surface area (Å²) in [5.74, 6) is 0. The molecule has 2 N–H and O–H groups in total. The summed E-state index contributed by atoms with van der Waals surface area (Å²) < 4.78 is 19.9. The fourth-order valence-corrected chi connectivity index (χ4v) is 1.45. The first-order valence-corrected chi connectivity index (χ1v) is 5.19. The Morgan fingerprint density at radius 1 is 1.00 bits per heavy atom. The average Bonchev–Trinajstić information content (AvgIpc) is 1.63. The van der Waals surface area contributed by atoms with Crippen molar-refractivity contribution in [3.63, 3.8) is 0 Å². The van der Waals surface area contributed by atoms with Crippen LogP contribution in [0.25, 0.3) is 0 Å². The van der Waals surface area contributed by atoms with Gasteiger partial charge in [0.15, 0.2) is 29.7 Å². The van der Waals surface area contributed by atoms with Gasteiger partial charge in [-0.2, -0.15) is 9.79 Å². The van der Waals surface area contributed by atoms with Gasteiger partial charge in [0.25, 0.3) is 0 Å². The molecular weight excluding hydrogens is 189 g/mol. The molecule has 0 aliphatic carbocycles. The van der Waals surface area contributed by atoms with E-state index >= 15 is 0 Å². The highest BCUT2D eigenvalue weighted by atomic mass is 31.1. The molecule has 0 aliphatic rings. The van der Waals surface area contributed by atoms with Crippen LogP contribution < -0.4 is 0 Å². The third kappa shape index (κ3) is 11.4. The highest BCUT2D eigenvalue weighted by Crippen LogP contribution is 2.19. The zero-order valence-electron chi connectivity index (χ0n) is 4.73. The number of rotatable bonds is 4. The first-order chi connectivity index (χ1) is 4.13. The van der Waals surface area contributed by atoms with Crippen molar-refractivity contribution in [2.24, 2.45) is 0 Å². The Morgan fingerprint density at radius 3 is 1.50 bits per heavy atom. The lowest BCUT2D eigenvalue weighted by Crippen LogP contribution is -1.81. The van der Waals surface area contributed by atoms with Gasteiger partial charge in [-0.1, -0.05) is 0 Å². The summed E-state index contributed by atoms with van der Waals surface area (Å²) >= 11 is 0. The van der Waals surface area contributed by atoms with Crippen LogP contribution in [0.5, 0.6) is 0 Å². The molecule has 7 heteroatoms. The van der Waals surface area contributed by atoms with Crippen molar-refractivity contribution in [2.45, 2.75) is 6.42 Å². The monoisotopic (exact) mass is 200 g/mol. The zero-order valence-corrected chi connectivity index (χ0v) is 6.52. The third-order valence-electron chi connectivity index (χ3n) is 0.699. The van der Waals surface area contributed by atoms with Crippen LogP contribution in [-0.2, 0) is 9.13 Å². The first-order valence-electron chi connectivity index (χ1n) is 2.40. The molecule has 0 heterocycles. The maximum Gasteiger partial charge on any atom is 0.505 e. The highest BCUT2D eigenvalue weighted by Gasteiger charge is 2.15. The van der Waals surface area contributed by atoms with Crippen LogP contribution in [0.3, 0.4) is 0 Å². The molecule has 0 amide bonds. The van der Waals surface area contributed by atoms with Gasteiger partial charge in [-0.25, -0.2) is 0 Å². The molecular formula is C3H11AlO4P2+2. The van der Waals surface area contributed by atoms with Crippen molar-refractivity contribution < 1.29 is 18.9 Å². The summed E-state index contributed by atoms with van der Waals surface area (Å²) in [6.07, 6.45) is 0.589. The summed E-state index contributed by atoms with van der Waals surface area (Å²) in [5.41, 5.74) is 0. The second-order valence-electron chi connectivity index (χ2n) is 1.51. The van der Waals surface area contributed by atoms with E-state index in [2.05, 4.69) is 0 Å². The lowest BCUT2D eigenvalue weighted by molar-refractivity contribution is 0.497. The molecule has 0 aliphatic heterocycles. The molecule has 0 radical (unpaired) electrons. The van der Waals surface area contributed by atoms with Gasteiger partial charge in [0.05, 0.1) is 0 Å². The van der Waals surface area contributed by atoms with E-state index in [1.807, 2.05) is 0 Å². The SMILES string of the molecule is O=[P+](O)CCC[P+](=O)O.[AlH3]. The molecule has 0 rings (SSSR count). The molecule has 0 saturated carbocycles. The van der Waals surface area contributed by atoms with E-state index in [4.69, 9.17) is 9.79 Å². The standard InChI is InChI=1S/C3H6O4P2.Al.3H/c4-8(5)2-1-3-9(6)7;;;;/h1-3H2;;;;/p+2. The van der Waals surface area contributed by atoms with Crippen LogP contribution in [0.2, 0.25) is 0 Å². The largest absolute Gasteiger partial charge is 0.505 e. The molecule has 4 nitrogen and oxygen atoms in total. The van der Waals surface area contributed by atoms with E-state index in [-0.39, 0.29) is 29.7 Å². The van der Waals surface area contributed by atoms with Crippen molar-refractivity contribution in [1.29, 1.82) is 0 Å². The Balaban J connectivity index is 0. The van der Waals surface area contributed by atoms with Crippen LogP contribution in [0.15, 0.2) is 0 Å². The fraction of sp³-hybridized carbons (Fsp3) is 1.00. The van der Waals surface area contributed by atoms with Gasteiger partial charge >= 0.3 is 16.1 Å². The molecule has 0 aromatic carbocycles. The Kier molecular flexibility index (Phi) is 10.3. The summed E-state index contributed by atoms with van der Waals surface area (Å²) in [5, 5.41) is 0. The second-order valence-corrected chi connectivity index (χ2v) is 3.81. The second kappa shape index (κ2) is 7.76. The van der Waals surface area contributed by atoms with Gasteiger partial charge in [0.1, 0.15) is 0 Å². The number of hydrogen-bond acceptors (Lipinski definition) is 2. The van der Waals surface area contributed by atoms with Crippen LogP contribution in [0, 0.1) is 0 Å². The molecule has 0 bridgehead atoms. The molecule has 0 fully saturated rings. The molecule has 2 atom stereocenters. The topological polar surface area (TPSA) is 74.6 Å². The van der Waals surface area contributed by atoms with Crippen molar-refractivity contribution in [3.8, 4) is 0 Å². The zero-order chi connectivity index (χ0) is 7.28. The quantitative estimate of drug-likeness (QED) is 0.481. The lowest BCUT2D eigenvalue weighted by atomic mass is 10.6. The van der Waals surface area contributed by atoms with E-state index < -0.39 is 16.1 Å². The Hall–Kier alpha value is 0.652. The number of hydrogen-bond donors (Lipinski definition) is 2. The van der Waals surface area contributed by atoms with Crippen LogP contribution in [0.4, 0.5) is 0 Å². The van der Waals surface area contributed by atoms with E-state index in [1.165, 1.54) is 0 Å². The van der Waals surface area contributed by atoms with Crippen LogP contribution in [0.1, 0.15) is 6.42 Å². The minimum Gasteiger partial charge on any atom is -0.161 e. The fourth-order valence-electron chi connectivity index (χ4n) is 0.341. The maximum atomic E-state index is 9.95. The Morgan fingerprint density at radius 2 is 1.30 bits per heavy atom. The van der Waals surface area contributed by atoms with E-state index in [0.29, 0.717) is 6.42 Å². The molecule has 2 unspecified atom stereocenters. The molecule has 0 saturated heterocycles. The third-order valence-corrected chi connectivity index (χ3v) is 2.10. The average molecular weight is 200 g/mol. The van der Waals surface area contributed by atoms with Crippen molar-refractivity contribution in [3.05, 3.63) is 0 Å². The van der Waals surface area contributed by atoms with Gasteiger partial charge in [-0.15, -0.1) is 0 Å². The summed E-state index contributed by atoms with van der Waals surface area (Å²) in [6, 6.07) is 0. The maximum absolute atomic E-state index is 9.95. The first kappa shape index (κ1) is 13.3. The summed E-state index contributed by atoms with van der Waals surface area (Å²) in [4.78, 5) is 16.4. The minimum absolute atomic E-state index is 0. The Bertz CT molecular complexity index is 114. The highest BCUT2D eigenvalue weighted by molar-refractivity contribution is 7.39. The lowest BCUT2D eigenvalue weighted by Gasteiger charge is -1.72. The summed E-state index contributed by atoms with van der Waals surface area (Å²) in [7, 11) is -4.24.